The van der Waals surface area contributed by atoms with Gasteiger partial charge in [-0.15, -0.1) is 0 Å². The molecule has 1 aromatic heterocycles. The number of likely N-dealkylation sites (tertiary alicyclic amines) is 1. The van der Waals surface area contributed by atoms with Crippen LogP contribution in [0.15, 0.2) is 23.4 Å². The molecule has 0 saturated carbocycles. The van der Waals surface area contributed by atoms with Gasteiger partial charge in [0.05, 0.1) is 28.5 Å². The number of carbonyl (C=O) groups excluding carboxylic acids is 2. The maximum absolute atomic E-state index is 13.2. The van der Waals surface area contributed by atoms with Gasteiger partial charge in [-0.05, 0) is 72.1 Å². The van der Waals surface area contributed by atoms with Crippen molar-refractivity contribution in [3.63, 3.8) is 0 Å². The smallest absolute Gasteiger partial charge is 0.338 e. The van der Waals surface area contributed by atoms with Crippen molar-refractivity contribution in [1.82, 2.24) is 14.5 Å². The normalized spacial score (nSPS) is 20.7. The molecule has 7 heteroatoms. The highest BCUT2D eigenvalue weighted by atomic mass is 32.2. The fourth-order valence-electron chi connectivity index (χ4n) is 4.12. The quantitative estimate of drug-likeness (QED) is 0.511. The molecule has 1 aromatic carbocycles. The number of piperidine rings is 1. The molecule has 6 nitrogen and oxygen atoms in total. The van der Waals surface area contributed by atoms with Gasteiger partial charge in [-0.2, -0.15) is 0 Å². The Labute approximate surface area is 177 Å². The van der Waals surface area contributed by atoms with E-state index in [9.17, 15) is 9.59 Å². The molecule has 1 aliphatic heterocycles. The molecule has 0 spiro atoms. The summed E-state index contributed by atoms with van der Waals surface area (Å²) in [5.74, 6) is -0.164. The van der Waals surface area contributed by atoms with Crippen LogP contribution in [-0.2, 0) is 16.1 Å². The van der Waals surface area contributed by atoms with Gasteiger partial charge in [0.1, 0.15) is 0 Å². The predicted molar refractivity (Wildman–Crippen MR) is 116 cm³/mol. The first kappa shape index (κ1) is 21.7. The number of rotatable bonds is 6. The number of hydrogen-bond donors (Lipinski definition) is 0. The zero-order valence-corrected chi connectivity index (χ0v) is 18.8. The number of imidazole rings is 1. The highest BCUT2D eigenvalue weighted by Gasteiger charge is 2.32. The monoisotopic (exact) mass is 417 g/mol. The maximum atomic E-state index is 13.2. The van der Waals surface area contributed by atoms with E-state index in [-0.39, 0.29) is 29.2 Å². The van der Waals surface area contributed by atoms with Gasteiger partial charge in [-0.25, -0.2) is 9.78 Å². The summed E-state index contributed by atoms with van der Waals surface area (Å²) < 4.78 is 7.19. The third-order valence-corrected chi connectivity index (χ3v) is 6.70. The Balaban J connectivity index is 1.84. The summed E-state index contributed by atoms with van der Waals surface area (Å²) >= 11 is 1.50. The number of aryl methyl sites for hydroxylation is 1. The van der Waals surface area contributed by atoms with Crippen molar-refractivity contribution in [2.75, 3.05) is 6.61 Å². The molecule has 0 radical (unpaired) electrons. The van der Waals surface area contributed by atoms with Gasteiger partial charge in [0, 0.05) is 18.6 Å². The van der Waals surface area contributed by atoms with Crippen LogP contribution in [0.3, 0.4) is 0 Å². The molecule has 0 unspecified atom stereocenters. The highest BCUT2D eigenvalue weighted by Crippen LogP contribution is 2.31. The number of esters is 1. The number of nitrogens with zero attached hydrogens (tertiary/aromatic N) is 3. The largest absolute Gasteiger partial charge is 0.462 e. The zero-order valence-electron chi connectivity index (χ0n) is 18.0. The van der Waals surface area contributed by atoms with Gasteiger partial charge in [0.2, 0.25) is 5.91 Å². The second-order valence-corrected chi connectivity index (χ2v) is 9.01. The van der Waals surface area contributed by atoms with Crippen molar-refractivity contribution < 1.29 is 14.3 Å². The molecule has 2 heterocycles. The molecular formula is C22H31N3O3S. The summed E-state index contributed by atoms with van der Waals surface area (Å²) in [6.07, 6.45) is 3.32. The van der Waals surface area contributed by atoms with Crippen LogP contribution in [0.2, 0.25) is 0 Å². The van der Waals surface area contributed by atoms with Crippen molar-refractivity contribution in [3.8, 4) is 0 Å². The third-order valence-electron chi connectivity index (χ3n) is 5.62. The summed E-state index contributed by atoms with van der Waals surface area (Å²) in [4.78, 5) is 32.0. The molecule has 2 aromatic rings. The Morgan fingerprint density at radius 3 is 2.55 bits per heavy atom. The highest BCUT2D eigenvalue weighted by molar-refractivity contribution is 8.00. The van der Waals surface area contributed by atoms with E-state index in [1.54, 1.807) is 19.1 Å². The number of fused-ring (bicyclic) bond motifs is 1. The first-order valence-electron chi connectivity index (χ1n) is 10.5. The zero-order chi connectivity index (χ0) is 21.1. The average Bonchev–Trinajstić information content (AvgIpc) is 3.03. The molecule has 29 heavy (non-hydrogen) atoms. The minimum absolute atomic E-state index is 0.177. The number of aromatic nitrogens is 2. The first-order chi connectivity index (χ1) is 13.9. The van der Waals surface area contributed by atoms with Gasteiger partial charge in [-0.3, -0.25) is 4.79 Å². The number of ether oxygens (including phenoxy) is 1. The molecule has 1 saturated heterocycles. The van der Waals surface area contributed by atoms with Crippen molar-refractivity contribution in [2.24, 2.45) is 0 Å². The minimum atomic E-state index is -0.341. The molecule has 1 aliphatic rings. The Hall–Kier alpha value is -2.02. The predicted octanol–water partition coefficient (Wildman–Crippen LogP) is 4.50. The number of amides is 1. The lowest BCUT2D eigenvalue weighted by atomic mass is 9.97. The average molecular weight is 418 g/mol. The molecule has 0 N–H and O–H groups in total. The SMILES string of the molecule is CCOC(=O)c1ccc2c(c1)nc(S[C@@H](C)C(=O)N1[C@@H](C)CCC[C@@H]1C)n2CC. The van der Waals surface area contributed by atoms with E-state index in [4.69, 9.17) is 9.72 Å². The molecule has 158 valence electrons. The van der Waals surface area contributed by atoms with Crippen LogP contribution in [-0.4, -0.2) is 50.3 Å². The van der Waals surface area contributed by atoms with Crippen LogP contribution in [0, 0.1) is 0 Å². The molecule has 0 bridgehead atoms. The lowest BCUT2D eigenvalue weighted by Crippen LogP contribution is -2.50. The van der Waals surface area contributed by atoms with Gasteiger partial charge in [0.25, 0.3) is 0 Å². The van der Waals surface area contributed by atoms with Crippen molar-refractivity contribution in [3.05, 3.63) is 23.8 Å². The summed E-state index contributed by atoms with van der Waals surface area (Å²) in [6.45, 7) is 11.2. The van der Waals surface area contributed by atoms with Crippen molar-refractivity contribution >= 4 is 34.7 Å². The second kappa shape index (κ2) is 9.20. The van der Waals surface area contributed by atoms with E-state index in [1.807, 2.05) is 13.0 Å². The van der Waals surface area contributed by atoms with Crippen LogP contribution in [0.5, 0.6) is 0 Å². The van der Waals surface area contributed by atoms with Crippen molar-refractivity contribution in [1.29, 1.82) is 0 Å². The Kier molecular flexibility index (Phi) is 6.88. The van der Waals surface area contributed by atoms with Crippen molar-refractivity contribution in [2.45, 2.75) is 82.9 Å². The summed E-state index contributed by atoms with van der Waals surface area (Å²) in [6, 6.07) is 6.01. The van der Waals surface area contributed by atoms with E-state index in [0.29, 0.717) is 12.2 Å². The van der Waals surface area contributed by atoms with Crippen LogP contribution >= 0.6 is 11.8 Å². The Morgan fingerprint density at radius 1 is 1.24 bits per heavy atom. The first-order valence-corrected chi connectivity index (χ1v) is 11.4. The van der Waals surface area contributed by atoms with Crippen LogP contribution in [0.4, 0.5) is 0 Å². The van der Waals surface area contributed by atoms with Gasteiger partial charge in [0.15, 0.2) is 5.16 Å². The number of thioether (sulfide) groups is 1. The van der Waals surface area contributed by atoms with Crippen LogP contribution < -0.4 is 0 Å². The third kappa shape index (κ3) is 4.44. The lowest BCUT2D eigenvalue weighted by Gasteiger charge is -2.40. The molecule has 3 rings (SSSR count). The second-order valence-electron chi connectivity index (χ2n) is 7.70. The standard InChI is InChI=1S/C22H31N3O3S/c1-6-24-19-12-11-17(21(27)28-7-2)13-18(19)23-22(24)29-16(5)20(26)25-14(3)9-8-10-15(25)4/h11-16H,6-10H2,1-5H3/t14-,15-,16-/m0/s1. The fourth-order valence-corrected chi connectivity index (χ4v) is 5.16. The van der Waals surface area contributed by atoms with E-state index >= 15 is 0 Å². The fraction of sp³-hybridized carbons (Fsp3) is 0.591. The van der Waals surface area contributed by atoms with E-state index in [0.717, 1.165) is 35.6 Å². The van der Waals surface area contributed by atoms with Gasteiger partial charge in [-0.1, -0.05) is 11.8 Å². The summed E-state index contributed by atoms with van der Waals surface area (Å²) in [5, 5.41) is 0.589. The molecular weight excluding hydrogens is 386 g/mol. The Bertz CT molecular complexity index is 885. The van der Waals surface area contributed by atoms with E-state index in [2.05, 4.69) is 30.2 Å². The summed E-state index contributed by atoms with van der Waals surface area (Å²) in [7, 11) is 0. The van der Waals surface area contributed by atoms with Gasteiger partial charge < -0.3 is 14.2 Å². The molecule has 1 fully saturated rings. The Morgan fingerprint density at radius 2 is 1.93 bits per heavy atom. The van der Waals surface area contributed by atoms with Crippen LogP contribution in [0.25, 0.3) is 11.0 Å². The van der Waals surface area contributed by atoms with E-state index < -0.39 is 0 Å². The lowest BCUT2D eigenvalue weighted by molar-refractivity contribution is -0.136. The van der Waals surface area contributed by atoms with Gasteiger partial charge >= 0.3 is 5.97 Å². The number of carbonyl (C=O) groups is 2. The minimum Gasteiger partial charge on any atom is -0.462 e. The maximum Gasteiger partial charge on any atom is 0.338 e. The molecule has 1 amide bonds. The molecule has 0 aliphatic carbocycles. The molecule has 3 atom stereocenters. The topological polar surface area (TPSA) is 64.4 Å². The van der Waals surface area contributed by atoms with E-state index in [1.165, 1.54) is 18.2 Å². The summed E-state index contributed by atoms with van der Waals surface area (Å²) in [5.41, 5.74) is 2.21. The number of benzene rings is 1. The number of hydrogen-bond acceptors (Lipinski definition) is 5. The van der Waals surface area contributed by atoms with Crippen LogP contribution in [0.1, 0.15) is 64.2 Å².